The van der Waals surface area contributed by atoms with Gasteiger partial charge in [0, 0.05) is 6.08 Å². The summed E-state index contributed by atoms with van der Waals surface area (Å²) in [5, 5.41) is 0. The van der Waals surface area contributed by atoms with Crippen molar-refractivity contribution in [2.24, 2.45) is 0 Å². The van der Waals surface area contributed by atoms with Gasteiger partial charge in [-0.1, -0.05) is 6.58 Å². The Labute approximate surface area is 126 Å². The second-order valence-corrected chi connectivity index (χ2v) is 2.80. The summed E-state index contributed by atoms with van der Waals surface area (Å²) in [5.74, 6) is -0.703. The van der Waals surface area contributed by atoms with E-state index in [0.717, 1.165) is 6.08 Å². The molecule has 0 radical (unpaired) electrons. The SMILES string of the molecule is C=CC(=O)OCCOP(=O)([O-])[O-].[Na+].[Na+]. The third-order valence-corrected chi connectivity index (χ3v) is 1.24. The molecule has 6 nitrogen and oxygen atoms in total. The largest absolute Gasteiger partial charge is 1.00 e. The number of hydrogen-bond acceptors (Lipinski definition) is 6. The van der Waals surface area contributed by atoms with Crippen LogP contribution in [0, 0.1) is 0 Å². The molecule has 0 aromatic heterocycles. The van der Waals surface area contributed by atoms with Gasteiger partial charge in [0.2, 0.25) is 0 Å². The molecule has 0 unspecified atom stereocenters. The predicted molar refractivity (Wildman–Crippen MR) is 34.7 cm³/mol. The Morgan fingerprint density at radius 3 is 2.21 bits per heavy atom. The van der Waals surface area contributed by atoms with Crippen LogP contribution in [-0.2, 0) is 18.6 Å². The molecule has 0 spiro atoms. The van der Waals surface area contributed by atoms with Crippen LogP contribution in [-0.4, -0.2) is 19.2 Å². The van der Waals surface area contributed by atoms with Crippen LogP contribution in [0.25, 0.3) is 0 Å². The minimum atomic E-state index is -4.95. The van der Waals surface area contributed by atoms with Gasteiger partial charge in [0.15, 0.2) is 0 Å². The summed E-state index contributed by atoms with van der Waals surface area (Å²) in [7, 11) is -4.95. The molecular formula is C5H7Na2O6P. The standard InChI is InChI=1S/C5H9O6P.2Na/c1-2-5(6)10-3-4-11-12(7,8)9;;/h2H,1,3-4H2,(H2,7,8,9);;/q;2*+1/p-2. The van der Waals surface area contributed by atoms with E-state index in [9.17, 15) is 19.1 Å². The molecule has 0 saturated carbocycles. The van der Waals surface area contributed by atoms with Crippen molar-refractivity contribution in [3.8, 4) is 0 Å². The summed E-state index contributed by atoms with van der Waals surface area (Å²) < 4.78 is 17.9. The van der Waals surface area contributed by atoms with Crippen molar-refractivity contribution in [2.45, 2.75) is 0 Å². The third kappa shape index (κ3) is 15.8. The number of esters is 1. The number of phosphoric ester groups is 1. The topological polar surface area (TPSA) is 98.7 Å². The van der Waals surface area contributed by atoms with Crippen molar-refractivity contribution in [3.05, 3.63) is 12.7 Å². The van der Waals surface area contributed by atoms with Crippen molar-refractivity contribution in [2.75, 3.05) is 13.2 Å². The maximum Gasteiger partial charge on any atom is 1.00 e. The first kappa shape index (κ1) is 20.7. The zero-order chi connectivity index (χ0) is 9.61. The Kier molecular flexibility index (Phi) is 16.0. The van der Waals surface area contributed by atoms with E-state index in [-0.39, 0.29) is 65.7 Å². The summed E-state index contributed by atoms with van der Waals surface area (Å²) in [6.07, 6.45) is 0.911. The maximum atomic E-state index is 10.3. The zero-order valence-corrected chi connectivity index (χ0v) is 13.0. The van der Waals surface area contributed by atoms with Crippen molar-refractivity contribution < 1.29 is 87.5 Å². The van der Waals surface area contributed by atoms with Gasteiger partial charge in [-0.25, -0.2) is 4.79 Å². The smallest absolute Gasteiger partial charge is 0.790 e. The first-order valence-electron chi connectivity index (χ1n) is 2.91. The Balaban J connectivity index is -0.000000605. The number of phosphoric acid groups is 1. The molecule has 0 rings (SSSR count). The molecule has 0 amide bonds. The molecule has 0 aromatic carbocycles. The van der Waals surface area contributed by atoms with E-state index >= 15 is 0 Å². The van der Waals surface area contributed by atoms with Crippen molar-refractivity contribution in [3.63, 3.8) is 0 Å². The van der Waals surface area contributed by atoms with Crippen LogP contribution in [0.3, 0.4) is 0 Å². The van der Waals surface area contributed by atoms with Gasteiger partial charge < -0.3 is 23.6 Å². The van der Waals surface area contributed by atoms with E-state index < -0.39 is 20.4 Å². The summed E-state index contributed by atoms with van der Waals surface area (Å²) in [5.41, 5.74) is 0. The summed E-state index contributed by atoms with van der Waals surface area (Å²) in [6.45, 7) is 2.33. The molecule has 0 aliphatic carbocycles. The second kappa shape index (κ2) is 10.8. The van der Waals surface area contributed by atoms with Crippen LogP contribution >= 0.6 is 7.82 Å². The number of carbonyl (C=O) groups excluding carboxylic acids is 1. The average Bonchev–Trinajstić information content (AvgIpc) is 1.96. The predicted octanol–water partition coefficient (Wildman–Crippen LogP) is -7.43. The van der Waals surface area contributed by atoms with E-state index in [1.807, 2.05) is 0 Å². The Morgan fingerprint density at radius 2 is 1.86 bits per heavy atom. The van der Waals surface area contributed by atoms with Gasteiger partial charge in [0.25, 0.3) is 0 Å². The molecule has 0 heterocycles. The van der Waals surface area contributed by atoms with E-state index in [2.05, 4.69) is 15.8 Å². The molecule has 0 aliphatic heterocycles. The number of carbonyl (C=O) groups is 1. The van der Waals surface area contributed by atoms with Gasteiger partial charge in [0.05, 0.1) is 14.4 Å². The van der Waals surface area contributed by atoms with E-state index in [1.54, 1.807) is 0 Å². The molecule has 0 atom stereocenters. The van der Waals surface area contributed by atoms with Gasteiger partial charge >= 0.3 is 65.1 Å². The molecule has 0 saturated heterocycles. The molecule has 0 aliphatic rings. The number of hydrogen-bond donors (Lipinski definition) is 0. The fraction of sp³-hybridized carbons (Fsp3) is 0.400. The van der Waals surface area contributed by atoms with E-state index in [1.165, 1.54) is 0 Å². The van der Waals surface area contributed by atoms with Crippen molar-refractivity contribution in [1.82, 2.24) is 0 Å². The molecule has 14 heavy (non-hydrogen) atoms. The Hall–Kier alpha value is 1.32. The van der Waals surface area contributed by atoms with E-state index in [4.69, 9.17) is 0 Å². The third-order valence-electron chi connectivity index (χ3n) is 0.744. The monoisotopic (exact) mass is 240 g/mol. The molecule has 0 bridgehead atoms. The summed E-state index contributed by atoms with van der Waals surface area (Å²) in [6, 6.07) is 0. The van der Waals surface area contributed by atoms with Crippen LogP contribution in [0.1, 0.15) is 0 Å². The fourth-order valence-corrected chi connectivity index (χ4v) is 0.648. The summed E-state index contributed by atoms with van der Waals surface area (Å²) in [4.78, 5) is 30.0. The Morgan fingerprint density at radius 1 is 1.36 bits per heavy atom. The Bertz CT molecular complexity index is 214. The van der Waals surface area contributed by atoms with Gasteiger partial charge in [-0.15, -0.1) is 0 Å². The van der Waals surface area contributed by atoms with Gasteiger partial charge in [0.1, 0.15) is 6.61 Å². The van der Waals surface area contributed by atoms with Crippen LogP contribution in [0.5, 0.6) is 0 Å². The van der Waals surface area contributed by atoms with Crippen molar-refractivity contribution >= 4 is 13.8 Å². The van der Waals surface area contributed by atoms with Crippen LogP contribution in [0.2, 0.25) is 0 Å². The van der Waals surface area contributed by atoms with Gasteiger partial charge in [-0.2, -0.15) is 0 Å². The minimum absolute atomic E-state index is 0. The molecule has 0 aromatic rings. The zero-order valence-electron chi connectivity index (χ0n) is 8.10. The normalized spacial score (nSPS) is 9.29. The molecule has 0 fully saturated rings. The minimum Gasteiger partial charge on any atom is -0.790 e. The molecule has 0 N–H and O–H groups in total. The van der Waals surface area contributed by atoms with Gasteiger partial charge in [-0.05, 0) is 0 Å². The fourth-order valence-electron chi connectivity index (χ4n) is 0.350. The molecule has 9 heteroatoms. The number of ether oxygens (including phenoxy) is 1. The first-order chi connectivity index (χ1) is 5.45. The molecule has 70 valence electrons. The molecular weight excluding hydrogens is 233 g/mol. The second-order valence-electron chi connectivity index (χ2n) is 1.65. The van der Waals surface area contributed by atoms with E-state index in [0.29, 0.717) is 0 Å². The van der Waals surface area contributed by atoms with Crippen LogP contribution in [0.15, 0.2) is 12.7 Å². The van der Waals surface area contributed by atoms with Crippen LogP contribution < -0.4 is 68.9 Å². The van der Waals surface area contributed by atoms with Crippen molar-refractivity contribution in [1.29, 1.82) is 0 Å². The maximum absolute atomic E-state index is 10.3. The van der Waals surface area contributed by atoms with Gasteiger partial charge in [-0.3, -0.25) is 0 Å². The first-order valence-corrected chi connectivity index (χ1v) is 4.37. The quantitative estimate of drug-likeness (QED) is 0.156. The van der Waals surface area contributed by atoms with Crippen LogP contribution in [0.4, 0.5) is 0 Å². The summed E-state index contributed by atoms with van der Waals surface area (Å²) >= 11 is 0. The number of rotatable bonds is 5. The average molecular weight is 240 g/mol.